The summed E-state index contributed by atoms with van der Waals surface area (Å²) >= 11 is 13.8. The molecule has 1 aromatic heterocycles. The van der Waals surface area contributed by atoms with Crippen LogP contribution in [0.2, 0.25) is 10.0 Å². The summed E-state index contributed by atoms with van der Waals surface area (Å²) in [6, 6.07) is 8.97. The Morgan fingerprint density at radius 1 is 1.26 bits per heavy atom. The number of rotatable bonds is 10. The molecule has 0 saturated heterocycles. The van der Waals surface area contributed by atoms with Crippen LogP contribution in [0, 0.1) is 41.8 Å². The van der Waals surface area contributed by atoms with Crippen molar-refractivity contribution in [1.29, 1.82) is 16.1 Å². The van der Waals surface area contributed by atoms with Crippen LogP contribution < -0.4 is 10.1 Å². The van der Waals surface area contributed by atoms with Gasteiger partial charge in [0.1, 0.15) is 12.3 Å². The van der Waals surface area contributed by atoms with E-state index in [0.29, 0.717) is 23.5 Å². The van der Waals surface area contributed by atoms with Crippen molar-refractivity contribution in [2.75, 3.05) is 18.6 Å². The van der Waals surface area contributed by atoms with Gasteiger partial charge in [0.25, 0.3) is 0 Å². The molecule has 39 heavy (non-hydrogen) atoms. The zero-order valence-corrected chi connectivity index (χ0v) is 23.7. The van der Waals surface area contributed by atoms with E-state index in [4.69, 9.17) is 48.8 Å². The van der Waals surface area contributed by atoms with E-state index >= 15 is 4.39 Å². The van der Waals surface area contributed by atoms with Crippen molar-refractivity contribution in [2.24, 2.45) is 0 Å². The van der Waals surface area contributed by atoms with Crippen LogP contribution in [-0.4, -0.2) is 46.0 Å². The SMILES string of the molecule is CSCCNC(=O)Cn1nc(C)c(C(=N)OC(=N)Cc2ccc(Cl)c(Oc3cc(Cl)cc(C#N)c3)c2F)c1C. The summed E-state index contributed by atoms with van der Waals surface area (Å²) in [6.07, 6.45) is 1.65. The standard InChI is InChI=1S/C26H25Cl2FN6O3S/c1-14-23(15(2)35(34-14)13-22(36)33-6-7-39-3)26(32)38-21(31)10-17-4-5-20(28)25(24(17)29)37-19-9-16(12-30)8-18(27)11-19/h4-5,8-9,11,31-32H,6-7,10,13H2,1-3H3,(H,33,36). The van der Waals surface area contributed by atoms with E-state index in [2.05, 4.69) is 10.4 Å². The number of aryl methyl sites for hydroxylation is 1. The van der Waals surface area contributed by atoms with E-state index in [1.165, 1.54) is 35.0 Å². The molecule has 0 bridgehead atoms. The minimum absolute atomic E-state index is 0.0208. The van der Waals surface area contributed by atoms with Crippen molar-refractivity contribution in [1.82, 2.24) is 15.1 Å². The van der Waals surface area contributed by atoms with Gasteiger partial charge in [0.05, 0.1) is 34.3 Å². The molecule has 3 N–H and O–H groups in total. The highest BCUT2D eigenvalue weighted by molar-refractivity contribution is 7.98. The van der Waals surface area contributed by atoms with Crippen LogP contribution in [0.1, 0.15) is 28.1 Å². The summed E-state index contributed by atoms with van der Waals surface area (Å²) in [5, 5.41) is 33.1. The number of carbonyl (C=O) groups is 1. The molecule has 0 fully saturated rings. The van der Waals surface area contributed by atoms with Gasteiger partial charge in [-0.3, -0.25) is 20.3 Å². The summed E-state index contributed by atoms with van der Waals surface area (Å²) in [7, 11) is 0. The fourth-order valence-electron chi connectivity index (χ4n) is 3.65. The van der Waals surface area contributed by atoms with Crippen LogP contribution in [0.4, 0.5) is 4.39 Å². The number of ether oxygens (including phenoxy) is 2. The normalized spacial score (nSPS) is 10.6. The van der Waals surface area contributed by atoms with E-state index in [-0.39, 0.29) is 57.4 Å². The van der Waals surface area contributed by atoms with Crippen molar-refractivity contribution in [3.05, 3.63) is 74.3 Å². The number of carbonyl (C=O) groups excluding carboxylic acids is 1. The Bertz CT molecular complexity index is 1470. The number of nitrogens with one attached hydrogen (secondary N) is 3. The zero-order chi connectivity index (χ0) is 28.7. The van der Waals surface area contributed by atoms with Gasteiger partial charge in [0, 0.05) is 28.6 Å². The van der Waals surface area contributed by atoms with E-state index in [1.807, 2.05) is 12.3 Å². The summed E-state index contributed by atoms with van der Waals surface area (Å²) in [6.45, 7) is 3.88. The van der Waals surface area contributed by atoms with E-state index in [1.54, 1.807) is 25.6 Å². The largest absolute Gasteiger partial charge is 0.453 e. The Balaban J connectivity index is 1.72. The van der Waals surface area contributed by atoms with E-state index in [0.717, 1.165) is 5.75 Å². The fraction of sp³-hybridized carbons (Fsp3) is 0.269. The van der Waals surface area contributed by atoms with Crippen LogP contribution in [0.3, 0.4) is 0 Å². The van der Waals surface area contributed by atoms with Crippen LogP contribution in [0.5, 0.6) is 11.5 Å². The van der Waals surface area contributed by atoms with Gasteiger partial charge in [-0.15, -0.1) is 0 Å². The van der Waals surface area contributed by atoms with Crippen LogP contribution in [0.15, 0.2) is 30.3 Å². The smallest absolute Gasteiger partial charge is 0.241 e. The molecule has 0 radical (unpaired) electrons. The fourth-order valence-corrected chi connectivity index (χ4v) is 4.37. The first kappa shape index (κ1) is 30.0. The highest BCUT2D eigenvalue weighted by Crippen LogP contribution is 2.35. The maximum absolute atomic E-state index is 15.3. The molecule has 3 rings (SSSR count). The molecule has 1 amide bonds. The minimum Gasteiger partial charge on any atom is -0.453 e. The zero-order valence-electron chi connectivity index (χ0n) is 21.3. The van der Waals surface area contributed by atoms with Crippen molar-refractivity contribution in [3.8, 4) is 17.6 Å². The number of aromatic nitrogens is 2. The Kier molecular flexibility index (Phi) is 10.3. The quantitative estimate of drug-likeness (QED) is 0.158. The molecular formula is C26H25Cl2FN6O3S. The highest BCUT2D eigenvalue weighted by atomic mass is 35.5. The number of halogens is 3. The number of amides is 1. The first-order chi connectivity index (χ1) is 18.5. The molecule has 2 aromatic carbocycles. The maximum Gasteiger partial charge on any atom is 0.241 e. The molecule has 0 saturated carbocycles. The van der Waals surface area contributed by atoms with E-state index in [9.17, 15) is 4.79 Å². The number of thioether (sulfide) groups is 1. The molecular weight excluding hydrogens is 566 g/mol. The number of nitrogens with zero attached hydrogens (tertiary/aromatic N) is 3. The van der Waals surface area contributed by atoms with Crippen LogP contribution >= 0.6 is 35.0 Å². The van der Waals surface area contributed by atoms with Crippen LogP contribution in [0.25, 0.3) is 0 Å². The molecule has 1 heterocycles. The van der Waals surface area contributed by atoms with Gasteiger partial charge < -0.3 is 14.8 Å². The number of hydrogen-bond donors (Lipinski definition) is 3. The third-order valence-electron chi connectivity index (χ3n) is 5.46. The summed E-state index contributed by atoms with van der Waals surface area (Å²) in [4.78, 5) is 12.2. The third kappa shape index (κ3) is 7.72. The second-order valence-corrected chi connectivity index (χ2v) is 10.1. The lowest BCUT2D eigenvalue weighted by molar-refractivity contribution is -0.121. The van der Waals surface area contributed by atoms with Gasteiger partial charge in [0.2, 0.25) is 11.8 Å². The Hall–Kier alpha value is -3.59. The molecule has 0 aliphatic carbocycles. The second-order valence-electron chi connectivity index (χ2n) is 8.32. The number of benzene rings is 2. The van der Waals surface area contributed by atoms with Gasteiger partial charge in [-0.1, -0.05) is 29.3 Å². The third-order valence-corrected chi connectivity index (χ3v) is 6.58. The van der Waals surface area contributed by atoms with Gasteiger partial charge in [0.15, 0.2) is 17.5 Å². The minimum atomic E-state index is -0.825. The molecule has 0 aliphatic rings. The summed E-state index contributed by atoms with van der Waals surface area (Å²) in [5.74, 6) is -1.18. The number of hydrogen-bond acceptors (Lipinski definition) is 8. The lowest BCUT2D eigenvalue weighted by Gasteiger charge is -2.13. The van der Waals surface area contributed by atoms with Crippen LogP contribution in [-0.2, 0) is 22.5 Å². The monoisotopic (exact) mass is 590 g/mol. The van der Waals surface area contributed by atoms with Crippen molar-refractivity contribution < 1.29 is 18.7 Å². The Morgan fingerprint density at radius 3 is 2.69 bits per heavy atom. The predicted molar refractivity (Wildman–Crippen MR) is 150 cm³/mol. The van der Waals surface area contributed by atoms with Crippen molar-refractivity contribution in [3.63, 3.8) is 0 Å². The summed E-state index contributed by atoms with van der Waals surface area (Å²) < 4.78 is 27.8. The molecule has 0 spiro atoms. The Labute approximate surface area is 239 Å². The van der Waals surface area contributed by atoms with Crippen molar-refractivity contribution >= 4 is 52.7 Å². The average Bonchev–Trinajstić information content (AvgIpc) is 3.15. The Morgan fingerprint density at radius 2 is 2.00 bits per heavy atom. The molecule has 0 atom stereocenters. The van der Waals surface area contributed by atoms with E-state index < -0.39 is 11.7 Å². The average molecular weight is 591 g/mol. The molecule has 0 aliphatic heterocycles. The first-order valence-corrected chi connectivity index (χ1v) is 13.7. The number of nitriles is 1. The molecule has 204 valence electrons. The van der Waals surface area contributed by atoms with Gasteiger partial charge in [-0.25, -0.2) is 4.39 Å². The highest BCUT2D eigenvalue weighted by Gasteiger charge is 2.22. The predicted octanol–water partition coefficient (Wildman–Crippen LogP) is 5.65. The maximum atomic E-state index is 15.3. The van der Waals surface area contributed by atoms with Gasteiger partial charge >= 0.3 is 0 Å². The topological polar surface area (TPSA) is 137 Å². The first-order valence-electron chi connectivity index (χ1n) is 11.5. The van der Waals surface area contributed by atoms with Gasteiger partial charge in [-0.2, -0.15) is 22.1 Å². The summed E-state index contributed by atoms with van der Waals surface area (Å²) in [5.41, 5.74) is 1.59. The lowest BCUT2D eigenvalue weighted by Crippen LogP contribution is -2.30. The lowest BCUT2D eigenvalue weighted by atomic mass is 10.1. The second kappa shape index (κ2) is 13.5. The molecule has 9 nitrogen and oxygen atoms in total. The molecule has 3 aromatic rings. The molecule has 13 heteroatoms. The van der Waals surface area contributed by atoms with Gasteiger partial charge in [-0.05, 0) is 44.4 Å². The van der Waals surface area contributed by atoms with Crippen molar-refractivity contribution in [2.45, 2.75) is 26.8 Å². The molecule has 0 unspecified atom stereocenters.